The van der Waals surface area contributed by atoms with E-state index in [1.807, 2.05) is 0 Å². The SMILES string of the molecule is COC1CCC(=O)C2=CCCCC21. The zero-order valence-electron chi connectivity index (χ0n) is 8.08. The first-order valence-corrected chi connectivity index (χ1v) is 5.09. The minimum absolute atomic E-state index is 0.296. The standard InChI is InChI=1S/C11H16O2/c1-13-11-7-6-10(12)8-4-2-3-5-9(8)11/h4,9,11H,2-3,5-7H2,1H3. The summed E-state index contributed by atoms with van der Waals surface area (Å²) in [6, 6.07) is 0. The predicted octanol–water partition coefficient (Wildman–Crippen LogP) is 2.09. The highest BCUT2D eigenvalue weighted by atomic mass is 16.5. The number of carbonyl (C=O) groups excluding carboxylic acids is 1. The Labute approximate surface area is 79.0 Å². The molecule has 2 aliphatic rings. The molecule has 0 aromatic carbocycles. The lowest BCUT2D eigenvalue weighted by atomic mass is 9.75. The van der Waals surface area contributed by atoms with Crippen LogP contribution in [-0.4, -0.2) is 19.0 Å². The largest absolute Gasteiger partial charge is 0.381 e. The van der Waals surface area contributed by atoms with E-state index in [2.05, 4.69) is 6.08 Å². The van der Waals surface area contributed by atoms with Crippen molar-refractivity contribution in [3.05, 3.63) is 11.6 Å². The van der Waals surface area contributed by atoms with Crippen molar-refractivity contribution in [1.82, 2.24) is 0 Å². The van der Waals surface area contributed by atoms with Crippen LogP contribution in [0.5, 0.6) is 0 Å². The van der Waals surface area contributed by atoms with Crippen LogP contribution in [-0.2, 0) is 9.53 Å². The number of Topliss-reactive ketones (excluding diaryl/α,β-unsaturated/α-hetero) is 1. The lowest BCUT2D eigenvalue weighted by molar-refractivity contribution is -0.119. The first-order chi connectivity index (χ1) is 6.33. The van der Waals surface area contributed by atoms with E-state index in [0.717, 1.165) is 24.8 Å². The number of ether oxygens (including phenoxy) is 1. The highest BCUT2D eigenvalue weighted by molar-refractivity contribution is 5.96. The van der Waals surface area contributed by atoms with Crippen molar-refractivity contribution < 1.29 is 9.53 Å². The van der Waals surface area contributed by atoms with Gasteiger partial charge in [0.15, 0.2) is 5.78 Å². The third-order valence-electron chi connectivity index (χ3n) is 3.21. The average molecular weight is 180 g/mol. The fourth-order valence-corrected chi connectivity index (χ4v) is 2.51. The Morgan fingerprint density at radius 3 is 3.08 bits per heavy atom. The summed E-state index contributed by atoms with van der Waals surface area (Å²) < 4.78 is 5.42. The lowest BCUT2D eigenvalue weighted by Gasteiger charge is -2.34. The van der Waals surface area contributed by atoms with Crippen molar-refractivity contribution in [2.45, 2.75) is 38.2 Å². The second kappa shape index (κ2) is 3.62. The summed E-state index contributed by atoms with van der Waals surface area (Å²) in [4.78, 5) is 11.6. The van der Waals surface area contributed by atoms with E-state index in [0.29, 0.717) is 24.2 Å². The van der Waals surface area contributed by atoms with Gasteiger partial charge in [0.05, 0.1) is 6.10 Å². The lowest BCUT2D eigenvalue weighted by Crippen LogP contribution is -2.34. The number of hydrogen-bond acceptors (Lipinski definition) is 2. The molecule has 0 heterocycles. The molecule has 2 heteroatoms. The molecule has 0 aliphatic heterocycles. The van der Waals surface area contributed by atoms with Gasteiger partial charge in [0.2, 0.25) is 0 Å². The van der Waals surface area contributed by atoms with Crippen LogP contribution >= 0.6 is 0 Å². The Kier molecular flexibility index (Phi) is 2.49. The van der Waals surface area contributed by atoms with Crippen molar-refractivity contribution in [2.24, 2.45) is 5.92 Å². The van der Waals surface area contributed by atoms with Crippen LogP contribution in [0.4, 0.5) is 0 Å². The van der Waals surface area contributed by atoms with Gasteiger partial charge in [-0.1, -0.05) is 6.08 Å². The van der Waals surface area contributed by atoms with Crippen LogP contribution in [0.3, 0.4) is 0 Å². The van der Waals surface area contributed by atoms with Crippen molar-refractivity contribution in [3.63, 3.8) is 0 Å². The smallest absolute Gasteiger partial charge is 0.159 e. The molecule has 0 N–H and O–H groups in total. The number of hydrogen-bond donors (Lipinski definition) is 0. The molecule has 0 amide bonds. The molecular formula is C11H16O2. The van der Waals surface area contributed by atoms with E-state index in [-0.39, 0.29) is 0 Å². The summed E-state index contributed by atoms with van der Waals surface area (Å²) in [5.74, 6) is 0.762. The van der Waals surface area contributed by atoms with Crippen molar-refractivity contribution >= 4 is 5.78 Å². The van der Waals surface area contributed by atoms with Crippen LogP contribution < -0.4 is 0 Å². The molecule has 2 rings (SSSR count). The summed E-state index contributed by atoms with van der Waals surface area (Å²) in [5, 5.41) is 0. The second-order valence-electron chi connectivity index (χ2n) is 3.93. The number of fused-ring (bicyclic) bond motifs is 1. The summed E-state index contributed by atoms with van der Waals surface area (Å²) in [6.45, 7) is 0. The Balaban J connectivity index is 2.21. The highest BCUT2D eigenvalue weighted by Gasteiger charge is 2.34. The summed E-state index contributed by atoms with van der Waals surface area (Å²) in [5.41, 5.74) is 1.06. The normalized spacial score (nSPS) is 33.9. The fraction of sp³-hybridized carbons (Fsp3) is 0.727. The molecule has 0 aromatic heterocycles. The van der Waals surface area contributed by atoms with E-state index < -0.39 is 0 Å². The zero-order valence-corrected chi connectivity index (χ0v) is 8.08. The van der Waals surface area contributed by atoms with Gasteiger partial charge in [-0.15, -0.1) is 0 Å². The molecule has 2 nitrogen and oxygen atoms in total. The van der Waals surface area contributed by atoms with Crippen LogP contribution in [0.15, 0.2) is 11.6 Å². The molecule has 13 heavy (non-hydrogen) atoms. The Bertz CT molecular complexity index is 242. The molecule has 2 unspecified atom stereocenters. The zero-order chi connectivity index (χ0) is 9.26. The number of methoxy groups -OCH3 is 1. The minimum atomic E-state index is 0.296. The third-order valence-corrected chi connectivity index (χ3v) is 3.21. The van der Waals surface area contributed by atoms with Crippen molar-refractivity contribution in [1.29, 1.82) is 0 Å². The quantitative estimate of drug-likeness (QED) is 0.617. The number of carbonyl (C=O) groups is 1. The van der Waals surface area contributed by atoms with Crippen LogP contribution in [0, 0.1) is 5.92 Å². The topological polar surface area (TPSA) is 26.3 Å². The molecule has 2 atom stereocenters. The number of rotatable bonds is 1. The first-order valence-electron chi connectivity index (χ1n) is 5.09. The highest BCUT2D eigenvalue weighted by Crippen LogP contribution is 2.36. The maximum absolute atomic E-state index is 11.6. The second-order valence-corrected chi connectivity index (χ2v) is 3.93. The van der Waals surface area contributed by atoms with E-state index in [1.54, 1.807) is 7.11 Å². The van der Waals surface area contributed by atoms with E-state index in [4.69, 9.17) is 4.74 Å². The van der Waals surface area contributed by atoms with Gasteiger partial charge in [-0.2, -0.15) is 0 Å². The van der Waals surface area contributed by atoms with Gasteiger partial charge >= 0.3 is 0 Å². The molecule has 0 bridgehead atoms. The van der Waals surface area contributed by atoms with Gasteiger partial charge in [0.1, 0.15) is 0 Å². The molecule has 0 aromatic rings. The van der Waals surface area contributed by atoms with Crippen LogP contribution in [0.25, 0.3) is 0 Å². The summed E-state index contributed by atoms with van der Waals surface area (Å²) >= 11 is 0. The average Bonchev–Trinajstić information content (AvgIpc) is 2.19. The van der Waals surface area contributed by atoms with Gasteiger partial charge in [-0.25, -0.2) is 0 Å². The molecular weight excluding hydrogens is 164 g/mol. The van der Waals surface area contributed by atoms with Gasteiger partial charge in [0.25, 0.3) is 0 Å². The van der Waals surface area contributed by atoms with Crippen molar-refractivity contribution in [3.8, 4) is 0 Å². The van der Waals surface area contributed by atoms with E-state index in [9.17, 15) is 4.79 Å². The number of ketones is 1. The third kappa shape index (κ3) is 1.55. The van der Waals surface area contributed by atoms with Gasteiger partial charge in [-0.3, -0.25) is 4.79 Å². The van der Waals surface area contributed by atoms with Crippen LogP contribution in [0.1, 0.15) is 32.1 Å². The first kappa shape index (κ1) is 8.95. The van der Waals surface area contributed by atoms with E-state index in [1.165, 1.54) is 6.42 Å². The summed E-state index contributed by atoms with van der Waals surface area (Å²) in [7, 11) is 1.76. The summed E-state index contributed by atoms with van der Waals surface area (Å²) in [6.07, 6.45) is 7.44. The molecule has 2 aliphatic carbocycles. The monoisotopic (exact) mass is 180 g/mol. The maximum atomic E-state index is 11.6. The minimum Gasteiger partial charge on any atom is -0.381 e. The van der Waals surface area contributed by atoms with Gasteiger partial charge in [-0.05, 0) is 31.3 Å². The fourth-order valence-electron chi connectivity index (χ4n) is 2.51. The molecule has 1 saturated carbocycles. The Morgan fingerprint density at radius 1 is 1.46 bits per heavy atom. The molecule has 0 spiro atoms. The van der Waals surface area contributed by atoms with Gasteiger partial charge in [0, 0.05) is 19.4 Å². The number of allylic oxidation sites excluding steroid dienone is 1. The van der Waals surface area contributed by atoms with Gasteiger partial charge < -0.3 is 4.74 Å². The van der Waals surface area contributed by atoms with E-state index >= 15 is 0 Å². The molecule has 0 radical (unpaired) electrons. The molecule has 1 fully saturated rings. The van der Waals surface area contributed by atoms with Crippen LogP contribution in [0.2, 0.25) is 0 Å². The predicted molar refractivity (Wildman–Crippen MR) is 50.5 cm³/mol. The molecule has 72 valence electrons. The Morgan fingerprint density at radius 2 is 2.31 bits per heavy atom. The molecule has 0 saturated heterocycles. The van der Waals surface area contributed by atoms with Crippen molar-refractivity contribution in [2.75, 3.05) is 7.11 Å². The maximum Gasteiger partial charge on any atom is 0.159 e. The Hall–Kier alpha value is -0.630.